The SMILES string of the molecule is CCCNC(Cc1ccc(F)cc1Br)c1ccoc1CC. The molecule has 1 N–H and O–H groups in total. The molecule has 0 aliphatic heterocycles. The number of hydrogen-bond donors (Lipinski definition) is 1. The first-order valence-electron chi connectivity index (χ1n) is 7.39. The fraction of sp³-hybridized carbons (Fsp3) is 0.412. The highest BCUT2D eigenvalue weighted by Crippen LogP contribution is 2.27. The van der Waals surface area contributed by atoms with Gasteiger partial charge in [0.15, 0.2) is 0 Å². The molecular formula is C17H21BrFNO. The molecule has 0 spiro atoms. The van der Waals surface area contributed by atoms with Crippen molar-refractivity contribution in [2.24, 2.45) is 0 Å². The number of rotatable bonds is 7. The van der Waals surface area contributed by atoms with Gasteiger partial charge in [-0.2, -0.15) is 0 Å². The molecular weight excluding hydrogens is 333 g/mol. The maximum atomic E-state index is 13.2. The zero-order valence-corrected chi connectivity index (χ0v) is 14.0. The number of benzene rings is 1. The molecule has 0 saturated heterocycles. The van der Waals surface area contributed by atoms with Gasteiger partial charge in [0.2, 0.25) is 0 Å². The Morgan fingerprint density at radius 2 is 2.10 bits per heavy atom. The molecule has 1 aromatic heterocycles. The molecule has 114 valence electrons. The summed E-state index contributed by atoms with van der Waals surface area (Å²) in [5.41, 5.74) is 2.29. The van der Waals surface area contributed by atoms with Crippen molar-refractivity contribution in [2.75, 3.05) is 6.54 Å². The highest BCUT2D eigenvalue weighted by atomic mass is 79.9. The van der Waals surface area contributed by atoms with Gasteiger partial charge in [-0.25, -0.2) is 4.39 Å². The topological polar surface area (TPSA) is 25.2 Å². The quantitative estimate of drug-likeness (QED) is 0.755. The molecule has 0 bridgehead atoms. The van der Waals surface area contributed by atoms with E-state index in [-0.39, 0.29) is 11.9 Å². The largest absolute Gasteiger partial charge is 0.469 e. The third-order valence-electron chi connectivity index (χ3n) is 3.56. The predicted molar refractivity (Wildman–Crippen MR) is 86.9 cm³/mol. The Morgan fingerprint density at radius 3 is 2.76 bits per heavy atom. The number of aryl methyl sites for hydroxylation is 1. The van der Waals surface area contributed by atoms with Gasteiger partial charge >= 0.3 is 0 Å². The zero-order valence-electron chi connectivity index (χ0n) is 12.5. The summed E-state index contributed by atoms with van der Waals surface area (Å²) in [5.74, 6) is 0.795. The number of halogens is 2. The third kappa shape index (κ3) is 4.17. The molecule has 21 heavy (non-hydrogen) atoms. The second-order valence-corrected chi connectivity index (χ2v) is 5.95. The van der Waals surface area contributed by atoms with Crippen LogP contribution in [0.15, 0.2) is 39.4 Å². The first kappa shape index (κ1) is 16.2. The molecule has 1 unspecified atom stereocenters. The molecule has 1 atom stereocenters. The van der Waals surface area contributed by atoms with Crippen molar-refractivity contribution in [3.05, 3.63) is 57.7 Å². The number of hydrogen-bond acceptors (Lipinski definition) is 2. The predicted octanol–water partition coefficient (Wildman–Crippen LogP) is 5.03. The Bertz CT molecular complexity index is 582. The van der Waals surface area contributed by atoms with Gasteiger partial charge in [-0.3, -0.25) is 0 Å². The Labute approximate surface area is 133 Å². The number of furan rings is 1. The summed E-state index contributed by atoms with van der Waals surface area (Å²) < 4.78 is 19.6. The van der Waals surface area contributed by atoms with E-state index in [2.05, 4.69) is 35.1 Å². The highest BCUT2D eigenvalue weighted by molar-refractivity contribution is 9.10. The summed E-state index contributed by atoms with van der Waals surface area (Å²) in [6.07, 6.45) is 4.49. The van der Waals surface area contributed by atoms with Crippen LogP contribution in [0.5, 0.6) is 0 Å². The van der Waals surface area contributed by atoms with Crippen LogP contribution in [0.25, 0.3) is 0 Å². The third-order valence-corrected chi connectivity index (χ3v) is 4.29. The lowest BCUT2D eigenvalue weighted by atomic mass is 9.98. The van der Waals surface area contributed by atoms with Gasteiger partial charge < -0.3 is 9.73 Å². The van der Waals surface area contributed by atoms with Crippen LogP contribution in [-0.4, -0.2) is 6.54 Å². The fourth-order valence-electron chi connectivity index (χ4n) is 2.47. The van der Waals surface area contributed by atoms with Crippen LogP contribution in [0.3, 0.4) is 0 Å². The van der Waals surface area contributed by atoms with E-state index in [1.54, 1.807) is 6.26 Å². The van der Waals surface area contributed by atoms with E-state index < -0.39 is 0 Å². The average Bonchev–Trinajstić information content (AvgIpc) is 2.94. The molecule has 1 heterocycles. The monoisotopic (exact) mass is 353 g/mol. The highest BCUT2D eigenvalue weighted by Gasteiger charge is 2.18. The molecule has 0 fully saturated rings. The summed E-state index contributed by atoms with van der Waals surface area (Å²) in [6, 6.07) is 7.07. The second kappa shape index (κ2) is 7.76. The maximum absolute atomic E-state index is 13.2. The molecule has 2 nitrogen and oxygen atoms in total. The van der Waals surface area contributed by atoms with Crippen molar-refractivity contribution in [3.63, 3.8) is 0 Å². The van der Waals surface area contributed by atoms with Gasteiger partial charge in [0.1, 0.15) is 11.6 Å². The molecule has 0 radical (unpaired) electrons. The van der Waals surface area contributed by atoms with Crippen LogP contribution in [0, 0.1) is 5.82 Å². The van der Waals surface area contributed by atoms with E-state index in [0.29, 0.717) is 0 Å². The van der Waals surface area contributed by atoms with E-state index in [4.69, 9.17) is 4.42 Å². The van der Waals surface area contributed by atoms with Gasteiger partial charge in [0.05, 0.1) is 6.26 Å². The van der Waals surface area contributed by atoms with Crippen molar-refractivity contribution < 1.29 is 8.81 Å². The summed E-state index contributed by atoms with van der Waals surface area (Å²) >= 11 is 3.45. The zero-order chi connectivity index (χ0) is 15.2. The van der Waals surface area contributed by atoms with Crippen LogP contribution < -0.4 is 5.32 Å². The van der Waals surface area contributed by atoms with Crippen molar-refractivity contribution in [3.8, 4) is 0 Å². The minimum Gasteiger partial charge on any atom is -0.469 e. The lowest BCUT2D eigenvalue weighted by Crippen LogP contribution is -2.24. The molecule has 2 aromatic rings. The maximum Gasteiger partial charge on any atom is 0.124 e. The first-order valence-corrected chi connectivity index (χ1v) is 8.18. The van der Waals surface area contributed by atoms with E-state index in [0.717, 1.165) is 41.6 Å². The van der Waals surface area contributed by atoms with Gasteiger partial charge in [0, 0.05) is 22.5 Å². The van der Waals surface area contributed by atoms with Crippen molar-refractivity contribution in [1.82, 2.24) is 5.32 Å². The standard InChI is InChI=1S/C17H21BrFNO/c1-3-8-20-16(14-7-9-21-17(14)4-2)10-12-5-6-13(19)11-15(12)18/h5-7,9,11,16,20H,3-4,8,10H2,1-2H3. The first-order chi connectivity index (χ1) is 10.2. The smallest absolute Gasteiger partial charge is 0.124 e. The van der Waals surface area contributed by atoms with Crippen LogP contribution >= 0.6 is 15.9 Å². The van der Waals surface area contributed by atoms with Crippen LogP contribution in [0.4, 0.5) is 4.39 Å². The Morgan fingerprint density at radius 1 is 1.29 bits per heavy atom. The minimum absolute atomic E-state index is 0.181. The van der Waals surface area contributed by atoms with E-state index in [1.807, 2.05) is 12.1 Å². The van der Waals surface area contributed by atoms with Crippen molar-refractivity contribution in [2.45, 2.75) is 39.2 Å². The molecule has 0 amide bonds. The molecule has 0 saturated carbocycles. The molecule has 0 aliphatic rings. The van der Waals surface area contributed by atoms with Gasteiger partial charge in [-0.05, 0) is 43.1 Å². The van der Waals surface area contributed by atoms with E-state index in [1.165, 1.54) is 17.7 Å². The minimum atomic E-state index is -0.221. The van der Waals surface area contributed by atoms with Gasteiger partial charge in [-0.1, -0.05) is 35.8 Å². The van der Waals surface area contributed by atoms with E-state index in [9.17, 15) is 4.39 Å². The van der Waals surface area contributed by atoms with Crippen LogP contribution in [0.1, 0.15) is 43.2 Å². The van der Waals surface area contributed by atoms with Crippen LogP contribution in [-0.2, 0) is 12.8 Å². The molecule has 4 heteroatoms. The molecule has 1 aromatic carbocycles. The molecule has 0 aliphatic carbocycles. The summed E-state index contributed by atoms with van der Waals surface area (Å²) in [4.78, 5) is 0. The Kier molecular flexibility index (Phi) is 6.00. The second-order valence-electron chi connectivity index (χ2n) is 5.10. The summed E-state index contributed by atoms with van der Waals surface area (Å²) in [7, 11) is 0. The fourth-order valence-corrected chi connectivity index (χ4v) is 2.98. The van der Waals surface area contributed by atoms with E-state index >= 15 is 0 Å². The van der Waals surface area contributed by atoms with Crippen molar-refractivity contribution >= 4 is 15.9 Å². The normalized spacial score (nSPS) is 12.6. The lowest BCUT2D eigenvalue weighted by molar-refractivity contribution is 0.481. The Balaban J connectivity index is 2.24. The van der Waals surface area contributed by atoms with Gasteiger partial charge in [0.25, 0.3) is 0 Å². The Hall–Kier alpha value is -1.13. The van der Waals surface area contributed by atoms with Gasteiger partial charge in [-0.15, -0.1) is 0 Å². The molecule has 2 rings (SSSR count). The van der Waals surface area contributed by atoms with Crippen molar-refractivity contribution in [1.29, 1.82) is 0 Å². The summed E-state index contributed by atoms with van der Waals surface area (Å²) in [6.45, 7) is 5.18. The average molecular weight is 354 g/mol. The lowest BCUT2D eigenvalue weighted by Gasteiger charge is -2.19. The van der Waals surface area contributed by atoms with Crippen LogP contribution in [0.2, 0.25) is 0 Å². The number of nitrogens with one attached hydrogen (secondary N) is 1. The summed E-state index contributed by atoms with van der Waals surface area (Å²) in [5, 5.41) is 3.56.